The van der Waals surface area contributed by atoms with E-state index in [1.54, 1.807) is 0 Å². The van der Waals surface area contributed by atoms with Crippen LogP contribution in [0.3, 0.4) is 0 Å². The van der Waals surface area contributed by atoms with Gasteiger partial charge in [-0.15, -0.1) is 0 Å². The Hall–Kier alpha value is -2.57. The zero-order valence-corrected chi connectivity index (χ0v) is 17.5. The number of benzene rings is 2. The standard InChI is InChI=1S/C23H32N4O2/c1-3-26-13-15-27(16-14-26)18-20-8-6-5-7-19(20)17-24-23(28)25-21-9-11-22(12-10-21)29-4-2/h5-12H,3-4,13-18H2,1-2H3,(H2,24,25,28). The SMILES string of the molecule is CCOc1ccc(NC(=O)NCc2ccccc2CN2CCN(CC)CC2)cc1. The summed E-state index contributed by atoms with van der Waals surface area (Å²) in [6, 6.07) is 15.5. The highest BCUT2D eigenvalue weighted by atomic mass is 16.5. The quantitative estimate of drug-likeness (QED) is 0.717. The van der Waals surface area contributed by atoms with Crippen molar-refractivity contribution < 1.29 is 9.53 Å². The van der Waals surface area contributed by atoms with Gasteiger partial charge in [0.1, 0.15) is 5.75 Å². The van der Waals surface area contributed by atoms with E-state index in [9.17, 15) is 4.79 Å². The van der Waals surface area contributed by atoms with E-state index in [0.29, 0.717) is 13.2 Å². The Balaban J connectivity index is 1.50. The van der Waals surface area contributed by atoms with Crippen molar-refractivity contribution in [2.24, 2.45) is 0 Å². The molecular formula is C23H32N4O2. The Morgan fingerprint density at radius 1 is 0.931 bits per heavy atom. The molecule has 2 aromatic rings. The van der Waals surface area contributed by atoms with Crippen molar-refractivity contribution in [2.45, 2.75) is 26.9 Å². The van der Waals surface area contributed by atoms with Gasteiger partial charge in [-0.25, -0.2) is 4.79 Å². The molecule has 0 spiro atoms. The zero-order valence-electron chi connectivity index (χ0n) is 17.5. The summed E-state index contributed by atoms with van der Waals surface area (Å²) in [5, 5.41) is 5.85. The second kappa shape index (κ2) is 10.8. The number of hydrogen-bond acceptors (Lipinski definition) is 4. The number of carbonyl (C=O) groups excluding carboxylic acids is 1. The average Bonchev–Trinajstić information content (AvgIpc) is 2.75. The molecule has 0 aromatic heterocycles. The maximum atomic E-state index is 12.3. The molecule has 3 rings (SSSR count). The highest BCUT2D eigenvalue weighted by molar-refractivity contribution is 5.89. The van der Waals surface area contributed by atoms with Gasteiger partial charge in [-0.2, -0.15) is 0 Å². The molecule has 1 aliphatic rings. The van der Waals surface area contributed by atoms with E-state index >= 15 is 0 Å². The Morgan fingerprint density at radius 3 is 2.24 bits per heavy atom. The minimum Gasteiger partial charge on any atom is -0.494 e. The summed E-state index contributed by atoms with van der Waals surface area (Å²) in [5.41, 5.74) is 3.18. The number of nitrogens with zero attached hydrogens (tertiary/aromatic N) is 2. The van der Waals surface area contributed by atoms with Crippen LogP contribution in [0.2, 0.25) is 0 Å². The molecule has 6 nitrogen and oxygen atoms in total. The second-order valence-corrected chi connectivity index (χ2v) is 7.24. The zero-order chi connectivity index (χ0) is 20.5. The van der Waals surface area contributed by atoms with E-state index in [4.69, 9.17) is 4.74 Å². The lowest BCUT2D eigenvalue weighted by molar-refractivity contribution is 0.131. The molecule has 6 heteroatoms. The molecule has 2 N–H and O–H groups in total. The summed E-state index contributed by atoms with van der Waals surface area (Å²) in [6.45, 7) is 11.8. The van der Waals surface area contributed by atoms with Gasteiger partial charge in [0.05, 0.1) is 6.61 Å². The first-order chi connectivity index (χ1) is 14.2. The Morgan fingerprint density at radius 2 is 1.59 bits per heavy atom. The lowest BCUT2D eigenvalue weighted by Gasteiger charge is -2.34. The largest absolute Gasteiger partial charge is 0.494 e. The molecule has 156 valence electrons. The van der Waals surface area contributed by atoms with Gasteiger partial charge >= 0.3 is 6.03 Å². The van der Waals surface area contributed by atoms with Gasteiger partial charge in [0.25, 0.3) is 0 Å². The lowest BCUT2D eigenvalue weighted by Crippen LogP contribution is -2.45. The number of piperazine rings is 1. The van der Waals surface area contributed by atoms with Crippen molar-refractivity contribution in [1.29, 1.82) is 0 Å². The average molecular weight is 397 g/mol. The van der Waals surface area contributed by atoms with Crippen molar-refractivity contribution in [3.8, 4) is 5.75 Å². The van der Waals surface area contributed by atoms with Crippen LogP contribution >= 0.6 is 0 Å². The first-order valence-electron chi connectivity index (χ1n) is 10.5. The second-order valence-electron chi connectivity index (χ2n) is 7.24. The number of hydrogen-bond donors (Lipinski definition) is 2. The Bertz CT molecular complexity index is 771. The maximum absolute atomic E-state index is 12.3. The number of carbonyl (C=O) groups is 1. The van der Waals surface area contributed by atoms with Crippen LogP contribution in [-0.2, 0) is 13.1 Å². The highest BCUT2D eigenvalue weighted by Gasteiger charge is 2.16. The lowest BCUT2D eigenvalue weighted by atomic mass is 10.1. The molecule has 1 saturated heterocycles. The number of rotatable bonds is 8. The third-order valence-corrected chi connectivity index (χ3v) is 5.29. The van der Waals surface area contributed by atoms with Crippen molar-refractivity contribution >= 4 is 11.7 Å². The van der Waals surface area contributed by atoms with Gasteiger partial charge in [-0.05, 0) is 48.9 Å². The van der Waals surface area contributed by atoms with Crippen LogP contribution in [0.4, 0.5) is 10.5 Å². The monoisotopic (exact) mass is 396 g/mol. The topological polar surface area (TPSA) is 56.8 Å². The molecule has 2 amide bonds. The maximum Gasteiger partial charge on any atom is 0.319 e. The summed E-state index contributed by atoms with van der Waals surface area (Å²) in [4.78, 5) is 17.3. The molecule has 1 heterocycles. The number of amides is 2. The predicted octanol–water partition coefficient (Wildman–Crippen LogP) is 3.54. The van der Waals surface area contributed by atoms with E-state index in [2.05, 4.69) is 45.6 Å². The molecule has 0 aliphatic carbocycles. The smallest absolute Gasteiger partial charge is 0.319 e. The summed E-state index contributed by atoms with van der Waals surface area (Å²) in [6.07, 6.45) is 0. The van der Waals surface area contributed by atoms with Gasteiger partial charge in [0, 0.05) is 45.0 Å². The van der Waals surface area contributed by atoms with Crippen molar-refractivity contribution in [2.75, 3.05) is 44.6 Å². The fraction of sp³-hybridized carbons (Fsp3) is 0.435. The first-order valence-corrected chi connectivity index (χ1v) is 10.5. The van der Waals surface area contributed by atoms with Crippen molar-refractivity contribution in [3.63, 3.8) is 0 Å². The van der Waals surface area contributed by atoms with E-state index < -0.39 is 0 Å². The molecule has 0 bridgehead atoms. The number of anilines is 1. The molecule has 0 radical (unpaired) electrons. The molecule has 29 heavy (non-hydrogen) atoms. The normalized spacial score (nSPS) is 15.1. The fourth-order valence-electron chi connectivity index (χ4n) is 3.54. The summed E-state index contributed by atoms with van der Waals surface area (Å²) >= 11 is 0. The third-order valence-electron chi connectivity index (χ3n) is 5.29. The molecule has 0 saturated carbocycles. The van der Waals surface area contributed by atoms with Gasteiger partial charge in [-0.3, -0.25) is 4.90 Å². The molecular weight excluding hydrogens is 364 g/mol. The third kappa shape index (κ3) is 6.48. The minimum atomic E-state index is -0.208. The number of nitrogens with one attached hydrogen (secondary N) is 2. The van der Waals surface area contributed by atoms with Crippen LogP contribution in [0.25, 0.3) is 0 Å². The first kappa shape index (κ1) is 21.1. The van der Waals surface area contributed by atoms with E-state index in [0.717, 1.165) is 56.3 Å². The Kier molecular flexibility index (Phi) is 7.90. The van der Waals surface area contributed by atoms with E-state index in [1.807, 2.05) is 37.3 Å². The molecule has 1 fully saturated rings. The van der Waals surface area contributed by atoms with Gasteiger partial charge in [-0.1, -0.05) is 31.2 Å². The Labute approximate surface area is 173 Å². The van der Waals surface area contributed by atoms with Crippen LogP contribution in [0.15, 0.2) is 48.5 Å². The van der Waals surface area contributed by atoms with Crippen LogP contribution in [-0.4, -0.2) is 55.2 Å². The summed E-state index contributed by atoms with van der Waals surface area (Å²) in [5.74, 6) is 0.798. The number of urea groups is 1. The molecule has 1 aliphatic heterocycles. The van der Waals surface area contributed by atoms with Crippen LogP contribution in [0.5, 0.6) is 5.75 Å². The van der Waals surface area contributed by atoms with Gasteiger partial charge < -0.3 is 20.3 Å². The number of ether oxygens (including phenoxy) is 1. The van der Waals surface area contributed by atoms with Crippen LogP contribution < -0.4 is 15.4 Å². The van der Waals surface area contributed by atoms with E-state index in [-0.39, 0.29) is 6.03 Å². The van der Waals surface area contributed by atoms with Gasteiger partial charge in [0.15, 0.2) is 0 Å². The molecule has 0 atom stereocenters. The highest BCUT2D eigenvalue weighted by Crippen LogP contribution is 2.16. The fourth-order valence-corrected chi connectivity index (χ4v) is 3.54. The van der Waals surface area contributed by atoms with Gasteiger partial charge in [0.2, 0.25) is 0 Å². The molecule has 0 unspecified atom stereocenters. The predicted molar refractivity (Wildman–Crippen MR) is 117 cm³/mol. The van der Waals surface area contributed by atoms with E-state index in [1.165, 1.54) is 5.56 Å². The summed E-state index contributed by atoms with van der Waals surface area (Å²) < 4.78 is 5.42. The number of likely N-dealkylation sites (N-methyl/N-ethyl adjacent to an activating group) is 1. The van der Waals surface area contributed by atoms with Crippen molar-refractivity contribution in [1.82, 2.24) is 15.1 Å². The van der Waals surface area contributed by atoms with Crippen LogP contribution in [0, 0.1) is 0 Å². The molecule has 2 aromatic carbocycles. The van der Waals surface area contributed by atoms with Crippen LogP contribution in [0.1, 0.15) is 25.0 Å². The minimum absolute atomic E-state index is 0.208. The van der Waals surface area contributed by atoms with Crippen molar-refractivity contribution in [3.05, 3.63) is 59.7 Å². The summed E-state index contributed by atoms with van der Waals surface area (Å²) in [7, 11) is 0.